The van der Waals surface area contributed by atoms with Crippen molar-refractivity contribution in [3.05, 3.63) is 77.4 Å². The third-order valence-corrected chi connectivity index (χ3v) is 3.63. The van der Waals surface area contributed by atoms with Crippen molar-refractivity contribution in [2.24, 2.45) is 0 Å². The van der Waals surface area contributed by atoms with E-state index in [1.165, 1.54) is 24.4 Å². The smallest absolute Gasteiger partial charge is 0.274 e. The average Bonchev–Trinajstić information content (AvgIpc) is 2.60. The third kappa shape index (κ3) is 4.17. The molecule has 0 atom stereocenters. The molecule has 0 aliphatic heterocycles. The van der Waals surface area contributed by atoms with Crippen LogP contribution in [0.4, 0.5) is 21.7 Å². The maximum absolute atomic E-state index is 13.0. The lowest BCUT2D eigenvalue weighted by Crippen LogP contribution is -2.15. The second kappa shape index (κ2) is 7.09. The number of aryl methyl sites for hydroxylation is 2. The number of nitrogens with one attached hydrogen (secondary N) is 2. The molecule has 0 aliphatic carbocycles. The standard InChI is InChI=1S/C19H17FN4O/c1-12-3-4-13(2)17(11-12)23-18(25)16-9-10-21-19(24-16)22-15-7-5-14(20)6-8-15/h3-11H,1-2H3,(H,23,25)(H,21,22,24). The van der Waals surface area contributed by atoms with Crippen LogP contribution in [-0.2, 0) is 0 Å². The van der Waals surface area contributed by atoms with Crippen molar-refractivity contribution in [2.75, 3.05) is 10.6 Å². The van der Waals surface area contributed by atoms with Crippen molar-refractivity contribution in [2.45, 2.75) is 13.8 Å². The first-order chi connectivity index (χ1) is 12.0. The van der Waals surface area contributed by atoms with E-state index in [0.717, 1.165) is 16.8 Å². The highest BCUT2D eigenvalue weighted by Crippen LogP contribution is 2.18. The molecule has 3 aromatic rings. The van der Waals surface area contributed by atoms with Gasteiger partial charge in [-0.05, 0) is 61.4 Å². The summed E-state index contributed by atoms with van der Waals surface area (Å²) in [7, 11) is 0. The SMILES string of the molecule is Cc1ccc(C)c(NC(=O)c2ccnc(Nc3ccc(F)cc3)n2)c1. The molecule has 0 bridgehead atoms. The van der Waals surface area contributed by atoms with E-state index in [1.54, 1.807) is 12.1 Å². The number of benzene rings is 2. The molecular weight excluding hydrogens is 319 g/mol. The number of carbonyl (C=O) groups is 1. The summed E-state index contributed by atoms with van der Waals surface area (Å²) in [5.41, 5.74) is 3.64. The minimum absolute atomic E-state index is 0.237. The minimum atomic E-state index is -0.326. The van der Waals surface area contributed by atoms with Gasteiger partial charge in [0.1, 0.15) is 11.5 Å². The highest BCUT2D eigenvalue weighted by atomic mass is 19.1. The molecule has 0 unspecified atom stereocenters. The largest absolute Gasteiger partial charge is 0.324 e. The van der Waals surface area contributed by atoms with Crippen LogP contribution in [0, 0.1) is 19.7 Å². The summed E-state index contributed by atoms with van der Waals surface area (Å²) in [6.07, 6.45) is 1.50. The zero-order valence-electron chi connectivity index (χ0n) is 13.9. The Kier molecular flexibility index (Phi) is 4.70. The van der Waals surface area contributed by atoms with E-state index >= 15 is 0 Å². The van der Waals surface area contributed by atoms with Gasteiger partial charge in [-0.2, -0.15) is 0 Å². The van der Waals surface area contributed by atoms with Crippen molar-refractivity contribution in [3.63, 3.8) is 0 Å². The zero-order chi connectivity index (χ0) is 17.8. The van der Waals surface area contributed by atoms with Crippen LogP contribution in [0.15, 0.2) is 54.7 Å². The summed E-state index contributed by atoms with van der Waals surface area (Å²) in [4.78, 5) is 20.7. The number of anilines is 3. The monoisotopic (exact) mass is 336 g/mol. The molecular formula is C19H17FN4O. The Labute approximate surface area is 145 Å². The Balaban J connectivity index is 1.77. The summed E-state index contributed by atoms with van der Waals surface area (Å²) in [5.74, 6) is -0.383. The quantitative estimate of drug-likeness (QED) is 0.748. The molecule has 25 heavy (non-hydrogen) atoms. The molecule has 2 N–H and O–H groups in total. The lowest BCUT2D eigenvalue weighted by molar-refractivity contribution is 0.102. The molecule has 0 fully saturated rings. The predicted molar refractivity (Wildman–Crippen MR) is 95.6 cm³/mol. The first kappa shape index (κ1) is 16.6. The van der Waals surface area contributed by atoms with E-state index in [2.05, 4.69) is 20.6 Å². The number of carbonyl (C=O) groups excluding carboxylic acids is 1. The highest BCUT2D eigenvalue weighted by Gasteiger charge is 2.11. The zero-order valence-corrected chi connectivity index (χ0v) is 13.9. The molecule has 0 saturated heterocycles. The fourth-order valence-electron chi connectivity index (χ4n) is 2.26. The van der Waals surface area contributed by atoms with Gasteiger partial charge in [-0.25, -0.2) is 14.4 Å². The molecule has 0 spiro atoms. The summed E-state index contributed by atoms with van der Waals surface area (Å²) in [6, 6.07) is 13.2. The van der Waals surface area contributed by atoms with Crippen LogP contribution >= 0.6 is 0 Å². The van der Waals surface area contributed by atoms with Crippen molar-refractivity contribution in [1.29, 1.82) is 0 Å². The fraction of sp³-hybridized carbons (Fsp3) is 0.105. The molecule has 3 rings (SSSR count). The molecule has 126 valence electrons. The number of amides is 1. The van der Waals surface area contributed by atoms with Gasteiger partial charge in [0.25, 0.3) is 5.91 Å². The van der Waals surface area contributed by atoms with Gasteiger partial charge in [0, 0.05) is 17.6 Å². The van der Waals surface area contributed by atoms with Gasteiger partial charge in [-0.1, -0.05) is 12.1 Å². The maximum atomic E-state index is 13.0. The summed E-state index contributed by atoms with van der Waals surface area (Å²) >= 11 is 0. The molecule has 5 nitrogen and oxygen atoms in total. The number of nitrogens with zero attached hydrogens (tertiary/aromatic N) is 2. The number of halogens is 1. The van der Waals surface area contributed by atoms with E-state index in [1.807, 2.05) is 32.0 Å². The lowest BCUT2D eigenvalue weighted by atomic mass is 10.1. The van der Waals surface area contributed by atoms with Gasteiger partial charge in [0.2, 0.25) is 5.95 Å². The number of hydrogen-bond donors (Lipinski definition) is 2. The van der Waals surface area contributed by atoms with Crippen LogP contribution in [0.3, 0.4) is 0 Å². The first-order valence-corrected chi connectivity index (χ1v) is 7.75. The number of aromatic nitrogens is 2. The second-order valence-corrected chi connectivity index (χ2v) is 5.67. The second-order valence-electron chi connectivity index (χ2n) is 5.67. The minimum Gasteiger partial charge on any atom is -0.324 e. The van der Waals surface area contributed by atoms with Crippen molar-refractivity contribution in [3.8, 4) is 0 Å². The Bertz CT molecular complexity index is 910. The molecule has 1 heterocycles. The van der Waals surface area contributed by atoms with E-state index in [0.29, 0.717) is 5.69 Å². The molecule has 1 amide bonds. The Morgan fingerprint density at radius 1 is 1.04 bits per heavy atom. The fourth-order valence-corrected chi connectivity index (χ4v) is 2.26. The third-order valence-electron chi connectivity index (χ3n) is 3.63. The Hall–Kier alpha value is -3.28. The van der Waals surface area contributed by atoms with Gasteiger partial charge in [0.15, 0.2) is 0 Å². The molecule has 1 aromatic heterocycles. The van der Waals surface area contributed by atoms with Crippen LogP contribution in [-0.4, -0.2) is 15.9 Å². The van der Waals surface area contributed by atoms with Crippen LogP contribution in [0.25, 0.3) is 0 Å². The highest BCUT2D eigenvalue weighted by molar-refractivity contribution is 6.03. The van der Waals surface area contributed by atoms with Crippen LogP contribution in [0.1, 0.15) is 21.6 Å². The summed E-state index contributed by atoms with van der Waals surface area (Å²) in [5, 5.41) is 5.80. The Morgan fingerprint density at radius 3 is 2.56 bits per heavy atom. The van der Waals surface area contributed by atoms with Crippen LogP contribution < -0.4 is 10.6 Å². The lowest BCUT2D eigenvalue weighted by Gasteiger charge is -2.10. The predicted octanol–water partition coefficient (Wildman–Crippen LogP) is 4.23. The summed E-state index contributed by atoms with van der Waals surface area (Å²) in [6.45, 7) is 3.89. The summed E-state index contributed by atoms with van der Waals surface area (Å²) < 4.78 is 13.0. The Morgan fingerprint density at radius 2 is 1.80 bits per heavy atom. The molecule has 2 aromatic carbocycles. The molecule has 0 saturated carbocycles. The maximum Gasteiger partial charge on any atom is 0.274 e. The van der Waals surface area contributed by atoms with E-state index in [-0.39, 0.29) is 23.4 Å². The van der Waals surface area contributed by atoms with Gasteiger partial charge < -0.3 is 10.6 Å². The van der Waals surface area contributed by atoms with E-state index < -0.39 is 0 Å². The van der Waals surface area contributed by atoms with Gasteiger partial charge in [-0.3, -0.25) is 4.79 Å². The topological polar surface area (TPSA) is 66.9 Å². The van der Waals surface area contributed by atoms with Crippen molar-refractivity contribution >= 4 is 23.2 Å². The van der Waals surface area contributed by atoms with Crippen molar-refractivity contribution in [1.82, 2.24) is 9.97 Å². The van der Waals surface area contributed by atoms with Gasteiger partial charge in [-0.15, -0.1) is 0 Å². The number of rotatable bonds is 4. The average molecular weight is 336 g/mol. The van der Waals surface area contributed by atoms with E-state index in [4.69, 9.17) is 0 Å². The van der Waals surface area contributed by atoms with Crippen molar-refractivity contribution < 1.29 is 9.18 Å². The van der Waals surface area contributed by atoms with Gasteiger partial charge in [0.05, 0.1) is 0 Å². The molecule has 0 aliphatic rings. The molecule has 6 heteroatoms. The number of hydrogen-bond acceptors (Lipinski definition) is 4. The first-order valence-electron chi connectivity index (χ1n) is 7.75. The van der Waals surface area contributed by atoms with E-state index in [9.17, 15) is 9.18 Å². The van der Waals surface area contributed by atoms with Crippen LogP contribution in [0.2, 0.25) is 0 Å². The van der Waals surface area contributed by atoms with Gasteiger partial charge >= 0.3 is 0 Å². The normalized spacial score (nSPS) is 10.4. The molecule has 0 radical (unpaired) electrons. The van der Waals surface area contributed by atoms with Crippen LogP contribution in [0.5, 0.6) is 0 Å².